The molecule has 6 heteroatoms. The van der Waals surface area contributed by atoms with Crippen LogP contribution in [-0.2, 0) is 20.8 Å². The highest BCUT2D eigenvalue weighted by Crippen LogP contribution is 2.18. The molecule has 0 saturated carbocycles. The summed E-state index contributed by atoms with van der Waals surface area (Å²) in [7, 11) is 0. The fraction of sp³-hybridized carbons (Fsp3) is 0.286. The van der Waals surface area contributed by atoms with E-state index in [9.17, 15) is 19.5 Å². The van der Waals surface area contributed by atoms with Crippen molar-refractivity contribution in [3.63, 3.8) is 0 Å². The van der Waals surface area contributed by atoms with E-state index < -0.39 is 24.0 Å². The zero-order valence-corrected chi connectivity index (χ0v) is 15.4. The third kappa shape index (κ3) is 6.58. The number of carbonyl (C=O) groups excluding carboxylic acids is 2. The molecule has 0 aliphatic rings. The summed E-state index contributed by atoms with van der Waals surface area (Å²) in [6.45, 7) is 3.33. The average Bonchev–Trinajstić information content (AvgIpc) is 2.61. The van der Waals surface area contributed by atoms with E-state index >= 15 is 0 Å². The number of amides is 2. The summed E-state index contributed by atoms with van der Waals surface area (Å²) in [4.78, 5) is 35.5. The zero-order valence-electron chi connectivity index (χ0n) is 15.4. The lowest BCUT2D eigenvalue weighted by Crippen LogP contribution is -2.43. The maximum atomic E-state index is 12.5. The summed E-state index contributed by atoms with van der Waals surface area (Å²) in [5.41, 5.74) is 2.68. The molecule has 2 aromatic carbocycles. The summed E-state index contributed by atoms with van der Waals surface area (Å²) in [5.74, 6) is -1.79. The van der Waals surface area contributed by atoms with E-state index in [-0.39, 0.29) is 18.7 Å². The highest BCUT2D eigenvalue weighted by atomic mass is 16.4. The second-order valence-electron chi connectivity index (χ2n) is 6.52. The maximum absolute atomic E-state index is 12.5. The smallest absolute Gasteiger partial charge is 0.326 e. The van der Waals surface area contributed by atoms with Gasteiger partial charge >= 0.3 is 5.97 Å². The van der Waals surface area contributed by atoms with Crippen molar-refractivity contribution >= 4 is 17.8 Å². The molecule has 3 N–H and O–H groups in total. The minimum absolute atomic E-state index is 0.0405. The van der Waals surface area contributed by atoms with Crippen LogP contribution < -0.4 is 10.6 Å². The van der Waals surface area contributed by atoms with E-state index in [0.29, 0.717) is 0 Å². The van der Waals surface area contributed by atoms with Gasteiger partial charge in [0.1, 0.15) is 6.04 Å². The minimum atomic E-state index is -1.10. The Bertz CT molecular complexity index is 788. The van der Waals surface area contributed by atoms with Gasteiger partial charge in [-0.05, 0) is 18.1 Å². The number of carboxylic acid groups (broad SMARTS) is 1. The molecule has 2 aromatic rings. The Morgan fingerprint density at radius 1 is 0.963 bits per heavy atom. The second kappa shape index (κ2) is 9.52. The molecule has 27 heavy (non-hydrogen) atoms. The molecule has 142 valence electrons. The third-order valence-corrected chi connectivity index (χ3v) is 4.16. The van der Waals surface area contributed by atoms with E-state index in [2.05, 4.69) is 10.6 Å². The summed E-state index contributed by atoms with van der Waals surface area (Å²) >= 11 is 0. The number of hydrogen-bond acceptors (Lipinski definition) is 3. The molecule has 0 spiro atoms. The molecule has 0 aliphatic heterocycles. The van der Waals surface area contributed by atoms with E-state index in [1.165, 1.54) is 6.92 Å². The Morgan fingerprint density at radius 2 is 1.59 bits per heavy atom. The van der Waals surface area contributed by atoms with Gasteiger partial charge < -0.3 is 15.7 Å². The van der Waals surface area contributed by atoms with Crippen molar-refractivity contribution in [1.82, 2.24) is 10.6 Å². The van der Waals surface area contributed by atoms with Gasteiger partial charge in [-0.15, -0.1) is 0 Å². The molecule has 0 heterocycles. The lowest BCUT2D eigenvalue weighted by atomic mass is 10.0. The molecule has 0 aliphatic carbocycles. The van der Waals surface area contributed by atoms with Crippen molar-refractivity contribution in [2.75, 3.05) is 0 Å². The van der Waals surface area contributed by atoms with Gasteiger partial charge in [-0.25, -0.2) is 4.79 Å². The van der Waals surface area contributed by atoms with Crippen LogP contribution in [0.2, 0.25) is 0 Å². The molecule has 0 aromatic heterocycles. The van der Waals surface area contributed by atoms with Gasteiger partial charge in [0.05, 0.1) is 12.5 Å². The first-order valence-electron chi connectivity index (χ1n) is 8.75. The molecule has 1 unspecified atom stereocenters. The predicted molar refractivity (Wildman–Crippen MR) is 102 cm³/mol. The van der Waals surface area contributed by atoms with Gasteiger partial charge in [-0.2, -0.15) is 0 Å². The standard InChI is InChI=1S/C21H24N2O4/c1-14-8-10-17(11-9-14)18(22-15(2)24)13-20(25)23-19(21(26)27)12-16-6-4-3-5-7-16/h3-11,18-19H,12-13H2,1-2H3,(H,22,24)(H,23,25)(H,26,27)/t18?,19-/m0/s1. The number of aliphatic carboxylic acids is 1. The molecule has 2 rings (SSSR count). The number of nitrogens with one attached hydrogen (secondary N) is 2. The van der Waals surface area contributed by atoms with Crippen LogP contribution >= 0.6 is 0 Å². The fourth-order valence-electron chi connectivity index (χ4n) is 2.78. The molecular formula is C21H24N2O4. The SMILES string of the molecule is CC(=O)NC(CC(=O)N[C@@H](Cc1ccccc1)C(=O)O)c1ccc(C)cc1. The van der Waals surface area contributed by atoms with Crippen molar-refractivity contribution in [2.24, 2.45) is 0 Å². The van der Waals surface area contributed by atoms with Gasteiger partial charge in [0.2, 0.25) is 11.8 Å². The largest absolute Gasteiger partial charge is 0.480 e. The Hall–Kier alpha value is -3.15. The van der Waals surface area contributed by atoms with Gasteiger partial charge in [-0.1, -0.05) is 60.2 Å². The third-order valence-electron chi connectivity index (χ3n) is 4.16. The van der Waals surface area contributed by atoms with Crippen LogP contribution in [0, 0.1) is 6.92 Å². The van der Waals surface area contributed by atoms with Crippen molar-refractivity contribution in [1.29, 1.82) is 0 Å². The number of aryl methyl sites for hydroxylation is 1. The zero-order chi connectivity index (χ0) is 19.8. The lowest BCUT2D eigenvalue weighted by Gasteiger charge is -2.20. The van der Waals surface area contributed by atoms with E-state index in [1.54, 1.807) is 0 Å². The number of carbonyl (C=O) groups is 3. The second-order valence-corrected chi connectivity index (χ2v) is 6.52. The van der Waals surface area contributed by atoms with Crippen LogP contribution in [0.1, 0.15) is 36.1 Å². The summed E-state index contributed by atoms with van der Waals surface area (Å²) in [6.07, 6.45) is 0.151. The van der Waals surface area contributed by atoms with Crippen LogP contribution in [0.4, 0.5) is 0 Å². The van der Waals surface area contributed by atoms with Crippen LogP contribution in [0.3, 0.4) is 0 Å². The molecule has 0 fully saturated rings. The summed E-state index contributed by atoms with van der Waals surface area (Å²) in [5, 5.41) is 14.7. The Balaban J connectivity index is 2.07. The highest BCUT2D eigenvalue weighted by Gasteiger charge is 2.23. The number of rotatable bonds is 8. The topological polar surface area (TPSA) is 95.5 Å². The molecule has 2 atom stereocenters. The van der Waals surface area contributed by atoms with Gasteiger partial charge in [-0.3, -0.25) is 9.59 Å². The molecule has 2 amide bonds. The van der Waals surface area contributed by atoms with Gasteiger partial charge in [0, 0.05) is 13.3 Å². The van der Waals surface area contributed by atoms with Gasteiger partial charge in [0.15, 0.2) is 0 Å². The highest BCUT2D eigenvalue weighted by molar-refractivity contribution is 5.84. The quantitative estimate of drug-likeness (QED) is 0.667. The van der Waals surface area contributed by atoms with Crippen LogP contribution in [0.25, 0.3) is 0 Å². The van der Waals surface area contributed by atoms with Crippen molar-refractivity contribution < 1.29 is 19.5 Å². The van der Waals surface area contributed by atoms with Crippen LogP contribution in [0.5, 0.6) is 0 Å². The predicted octanol–water partition coefficient (Wildman–Crippen LogP) is 2.37. The maximum Gasteiger partial charge on any atom is 0.326 e. The monoisotopic (exact) mass is 368 g/mol. The summed E-state index contributed by atoms with van der Waals surface area (Å²) in [6, 6.07) is 15.1. The first kappa shape index (κ1) is 20.2. The Kier molecular flexibility index (Phi) is 7.11. The first-order valence-corrected chi connectivity index (χ1v) is 8.75. The average molecular weight is 368 g/mol. The van der Waals surface area contributed by atoms with Crippen LogP contribution in [-0.4, -0.2) is 28.9 Å². The minimum Gasteiger partial charge on any atom is -0.480 e. The Morgan fingerprint density at radius 3 is 2.15 bits per heavy atom. The van der Waals surface area contributed by atoms with Crippen molar-refractivity contribution in [2.45, 2.75) is 38.8 Å². The molecular weight excluding hydrogens is 344 g/mol. The first-order chi connectivity index (χ1) is 12.8. The molecule has 0 bridgehead atoms. The van der Waals surface area contributed by atoms with Crippen molar-refractivity contribution in [3.8, 4) is 0 Å². The normalized spacial score (nSPS) is 12.7. The van der Waals surface area contributed by atoms with Crippen molar-refractivity contribution in [3.05, 3.63) is 71.3 Å². The Labute approximate surface area is 158 Å². The molecule has 0 saturated heterocycles. The summed E-state index contributed by atoms with van der Waals surface area (Å²) < 4.78 is 0. The van der Waals surface area contributed by atoms with E-state index in [4.69, 9.17) is 0 Å². The lowest BCUT2D eigenvalue weighted by molar-refractivity contribution is -0.142. The van der Waals surface area contributed by atoms with E-state index in [0.717, 1.165) is 16.7 Å². The fourth-order valence-corrected chi connectivity index (χ4v) is 2.78. The van der Waals surface area contributed by atoms with Crippen LogP contribution in [0.15, 0.2) is 54.6 Å². The van der Waals surface area contributed by atoms with Gasteiger partial charge in [0.25, 0.3) is 0 Å². The number of benzene rings is 2. The number of hydrogen-bond donors (Lipinski definition) is 3. The molecule has 0 radical (unpaired) electrons. The number of carboxylic acids is 1. The van der Waals surface area contributed by atoms with E-state index in [1.807, 2.05) is 61.5 Å². The molecule has 6 nitrogen and oxygen atoms in total.